The van der Waals surface area contributed by atoms with Gasteiger partial charge >= 0.3 is 34.4 Å². The van der Waals surface area contributed by atoms with Gasteiger partial charge in [-0.15, -0.1) is 0 Å². The number of nitrogens with one attached hydrogen (secondary N) is 2. The molecule has 6 atom stereocenters. The Morgan fingerprint density at radius 2 is 1.11 bits per heavy atom. The third-order valence-electron chi connectivity index (χ3n) is 10.8. The Labute approximate surface area is 358 Å². The zero-order valence-electron chi connectivity index (χ0n) is 36.0. The Balaban J connectivity index is 0.00000103. The molecule has 2 fully saturated rings. The summed E-state index contributed by atoms with van der Waals surface area (Å²) >= 11 is 0. The number of carbonyl (C=O) groups excluding carboxylic acids is 2. The second-order valence-electron chi connectivity index (χ2n) is 16.9. The van der Waals surface area contributed by atoms with Crippen molar-refractivity contribution in [3.05, 3.63) is 72.6 Å². The number of aromatic nitrogens is 4. The van der Waals surface area contributed by atoms with Gasteiger partial charge in [-0.3, -0.25) is 43.1 Å². The number of likely N-dealkylation sites (N-methyl/N-ethyl adjacent to an activating group) is 1. The molecule has 0 spiro atoms. The van der Waals surface area contributed by atoms with Gasteiger partial charge in [0, 0.05) is 43.4 Å². The maximum absolute atomic E-state index is 12.8. The molecule has 0 radical (unpaired) electrons. The first-order valence-corrected chi connectivity index (χ1v) is 23.6. The van der Waals surface area contributed by atoms with Gasteiger partial charge in [0.25, 0.3) is 17.0 Å². The Bertz CT molecular complexity index is 1900. The number of aromatic amines is 2. The molecule has 20 heteroatoms. The molecular formula is C36H62BrMgN5O11Si2. The molecule has 2 N–H and O–H groups in total. The fourth-order valence-corrected chi connectivity index (χ4v) is 8.06. The number of nitrogens with zero attached hydrogens (tertiary/aromatic N) is 3. The number of hydroxylamine groups is 2. The van der Waals surface area contributed by atoms with Crippen LogP contribution in [-0.2, 0) is 32.8 Å². The normalized spacial score (nSPS) is 22.5. The van der Waals surface area contributed by atoms with Gasteiger partial charge in [0.15, 0.2) is 28.5 Å². The summed E-state index contributed by atoms with van der Waals surface area (Å²) in [6.45, 7) is 25.8. The van der Waals surface area contributed by atoms with Crippen molar-refractivity contribution in [2.75, 3.05) is 14.2 Å². The van der Waals surface area contributed by atoms with Crippen LogP contribution >= 0.6 is 0 Å². The molecule has 16 nitrogen and oxygen atoms in total. The van der Waals surface area contributed by atoms with Crippen molar-refractivity contribution < 1.29 is 49.7 Å². The van der Waals surface area contributed by atoms with Crippen LogP contribution in [0.3, 0.4) is 0 Å². The molecular weight excluding hydrogens is 839 g/mol. The standard InChI is InChI=1S/C18H31N3O6Si.C17H28N2O5Si.CH3.BrH.Mg/c1-11-10-21(17(24)19-15(11)22)13-9-12(27-28(7,8)18(2,3)4)14(26-13)16(23)20(5)25-6;1-10-9-19(16(22)18-15(10)21)13-8-12(14(23-13)11(2)20)24-25(6,7)17(3,4)5;;;/h10,12-14H,9H2,1-8H3,(H,19,22,24);9,12-14H,8H2,1-7H3,(H,18,21,22);1H3;1H;/q;;-1;;+2/p-1/t12?,13-,14+;12?,13-,14-;;;/m11.../s1. The third-order valence-corrected chi connectivity index (χ3v) is 19.8. The first-order valence-electron chi connectivity index (χ1n) is 17.7. The van der Waals surface area contributed by atoms with E-state index in [1.54, 1.807) is 13.8 Å². The topological polar surface area (TPSA) is 193 Å². The van der Waals surface area contributed by atoms with Crippen LogP contribution < -0.4 is 39.5 Å². The fraction of sp³-hybridized carbons (Fsp3) is 0.694. The van der Waals surface area contributed by atoms with Gasteiger partial charge in [-0.1, -0.05) is 41.5 Å². The van der Waals surface area contributed by atoms with E-state index < -0.39 is 76.0 Å². The smallest absolute Gasteiger partial charge is 1.00 e. The van der Waals surface area contributed by atoms with Crippen molar-refractivity contribution in [2.24, 2.45) is 0 Å². The number of ether oxygens (including phenoxy) is 2. The molecule has 1 amide bonds. The van der Waals surface area contributed by atoms with Crippen LogP contribution in [0.1, 0.15) is 84.9 Å². The summed E-state index contributed by atoms with van der Waals surface area (Å²) in [4.78, 5) is 82.0. The number of ketones is 1. The number of rotatable bonds is 9. The Morgan fingerprint density at radius 3 is 1.43 bits per heavy atom. The summed E-state index contributed by atoms with van der Waals surface area (Å²) in [6, 6.07) is 0. The number of halogens is 1. The zero-order valence-corrected chi connectivity index (χ0v) is 41.0. The van der Waals surface area contributed by atoms with E-state index in [2.05, 4.69) is 77.7 Å². The molecule has 2 aliphatic heterocycles. The number of hydrogen-bond acceptors (Lipinski definition) is 11. The van der Waals surface area contributed by atoms with E-state index in [0.717, 1.165) is 5.06 Å². The van der Waals surface area contributed by atoms with Crippen LogP contribution in [-0.4, -0.2) is 114 Å². The predicted molar refractivity (Wildman–Crippen MR) is 216 cm³/mol. The van der Waals surface area contributed by atoms with E-state index in [-0.39, 0.29) is 69.2 Å². The van der Waals surface area contributed by atoms with E-state index in [9.17, 15) is 28.8 Å². The fourth-order valence-electron chi connectivity index (χ4n) is 5.40. The minimum absolute atomic E-state index is 0. The quantitative estimate of drug-likeness (QED) is 0.205. The largest absolute Gasteiger partial charge is 2.00 e. The van der Waals surface area contributed by atoms with Gasteiger partial charge in [0.05, 0.1) is 19.3 Å². The van der Waals surface area contributed by atoms with Crippen molar-refractivity contribution in [1.82, 2.24) is 24.2 Å². The number of amides is 1. The van der Waals surface area contributed by atoms with Crippen LogP contribution in [0.15, 0.2) is 31.6 Å². The molecule has 0 saturated carbocycles. The maximum atomic E-state index is 12.8. The van der Waals surface area contributed by atoms with Crippen LogP contribution in [0.4, 0.5) is 0 Å². The first-order chi connectivity index (χ1) is 24.1. The molecule has 2 aromatic rings. The van der Waals surface area contributed by atoms with E-state index in [1.807, 2.05) is 0 Å². The van der Waals surface area contributed by atoms with Gasteiger partial charge in [-0.05, 0) is 57.0 Å². The van der Waals surface area contributed by atoms with Crippen LogP contribution in [0.25, 0.3) is 0 Å². The summed E-state index contributed by atoms with van der Waals surface area (Å²) in [6.07, 6.45) is -0.295. The minimum Gasteiger partial charge on any atom is -1.00 e. The van der Waals surface area contributed by atoms with E-state index in [0.29, 0.717) is 24.0 Å². The van der Waals surface area contributed by atoms with Crippen LogP contribution in [0.5, 0.6) is 0 Å². The second kappa shape index (κ2) is 20.3. The maximum Gasteiger partial charge on any atom is 2.00 e. The molecule has 2 saturated heterocycles. The molecule has 4 heterocycles. The van der Waals surface area contributed by atoms with Crippen LogP contribution in [0, 0.1) is 21.3 Å². The van der Waals surface area contributed by atoms with E-state index in [4.69, 9.17) is 23.2 Å². The average Bonchev–Trinajstić information content (AvgIpc) is 3.63. The van der Waals surface area contributed by atoms with Gasteiger partial charge < -0.3 is 42.7 Å². The Hall–Kier alpha value is -2.02. The molecule has 4 rings (SSSR count). The van der Waals surface area contributed by atoms with Gasteiger partial charge in [-0.25, -0.2) is 14.7 Å². The van der Waals surface area contributed by atoms with Crippen molar-refractivity contribution in [2.45, 2.75) is 148 Å². The van der Waals surface area contributed by atoms with Crippen molar-refractivity contribution >= 4 is 51.4 Å². The molecule has 2 aliphatic rings. The summed E-state index contributed by atoms with van der Waals surface area (Å²) in [5.41, 5.74) is -1.20. The summed E-state index contributed by atoms with van der Waals surface area (Å²) < 4.78 is 27.3. The average molecular weight is 901 g/mol. The zero-order chi connectivity index (χ0) is 40.6. The van der Waals surface area contributed by atoms with Gasteiger partial charge in [-0.2, -0.15) is 0 Å². The number of H-pyrrole nitrogens is 2. The Morgan fingerprint density at radius 1 is 0.768 bits per heavy atom. The van der Waals surface area contributed by atoms with Crippen molar-refractivity contribution in [3.8, 4) is 0 Å². The van der Waals surface area contributed by atoms with Crippen molar-refractivity contribution in [3.63, 3.8) is 0 Å². The molecule has 2 aromatic heterocycles. The minimum atomic E-state index is -2.20. The molecule has 0 aromatic carbocycles. The van der Waals surface area contributed by atoms with E-state index in [1.165, 1.54) is 42.6 Å². The summed E-state index contributed by atoms with van der Waals surface area (Å²) in [5.74, 6) is -0.511. The third kappa shape index (κ3) is 12.5. The summed E-state index contributed by atoms with van der Waals surface area (Å²) in [7, 11) is -1.41. The number of hydrogen-bond donors (Lipinski definition) is 2. The molecule has 56 heavy (non-hydrogen) atoms. The monoisotopic (exact) mass is 899 g/mol. The van der Waals surface area contributed by atoms with Gasteiger partial charge in [0.1, 0.15) is 18.6 Å². The van der Waals surface area contributed by atoms with E-state index >= 15 is 0 Å². The second-order valence-corrected chi connectivity index (χ2v) is 26.4. The van der Waals surface area contributed by atoms with Crippen molar-refractivity contribution in [1.29, 1.82) is 0 Å². The predicted octanol–water partition coefficient (Wildman–Crippen LogP) is 0.728. The number of Topliss-reactive ketones (excluding diaryl/α,β-unsaturated/α-hetero) is 1. The Kier molecular flexibility index (Phi) is 19.6. The molecule has 314 valence electrons. The first kappa shape index (κ1) is 54.0. The van der Waals surface area contributed by atoms with Crippen LogP contribution in [0.2, 0.25) is 36.3 Å². The number of carbonyl (C=O) groups is 2. The SMILES string of the molecule is CC(=O)[C@H]1O[C@@H](n2cc(C)c(=O)[nH]c2=O)CC1O[Si](C)(C)C(C)(C)C.CON(C)C(=O)[C@H]1O[C@@H](n2cc(C)c(=O)[nH]c2=O)CC1O[Si](C)(C)C(C)(C)C.[Br-].[CH3-].[Mg+2]. The molecule has 0 aliphatic carbocycles. The number of aryl methyl sites for hydroxylation is 2. The molecule has 2 unspecified atom stereocenters. The van der Waals surface area contributed by atoms with Gasteiger partial charge in [0.2, 0.25) is 0 Å². The molecule has 0 bridgehead atoms. The summed E-state index contributed by atoms with van der Waals surface area (Å²) in [5, 5.41) is 1.03.